The van der Waals surface area contributed by atoms with Crippen LogP contribution in [0.4, 0.5) is 5.69 Å². The third kappa shape index (κ3) is 5.45. The van der Waals surface area contributed by atoms with Crippen molar-refractivity contribution < 1.29 is 17.9 Å². The van der Waals surface area contributed by atoms with Gasteiger partial charge in [-0.15, -0.1) is 0 Å². The fourth-order valence-electron chi connectivity index (χ4n) is 2.48. The van der Waals surface area contributed by atoms with Crippen molar-refractivity contribution in [3.05, 3.63) is 53.6 Å². The Balaban J connectivity index is 2.23. The minimum absolute atomic E-state index is 0.0100. The van der Waals surface area contributed by atoms with Gasteiger partial charge in [-0.05, 0) is 43.3 Å². The van der Waals surface area contributed by atoms with Crippen LogP contribution in [0.25, 0.3) is 0 Å². The maximum Gasteiger partial charge on any atom is 0.262 e. The van der Waals surface area contributed by atoms with Gasteiger partial charge in [-0.25, -0.2) is 8.42 Å². The molecule has 0 spiro atoms. The highest BCUT2D eigenvalue weighted by Crippen LogP contribution is 2.26. The van der Waals surface area contributed by atoms with E-state index in [-0.39, 0.29) is 10.8 Å². The lowest BCUT2D eigenvalue weighted by Gasteiger charge is -2.13. The summed E-state index contributed by atoms with van der Waals surface area (Å²) >= 11 is 0. The van der Waals surface area contributed by atoms with Crippen LogP contribution >= 0.6 is 0 Å². The Bertz CT molecular complexity index is 898. The summed E-state index contributed by atoms with van der Waals surface area (Å²) in [5.74, 6) is 0.106. The van der Waals surface area contributed by atoms with Gasteiger partial charge in [0, 0.05) is 18.7 Å². The van der Waals surface area contributed by atoms with Gasteiger partial charge in [-0.3, -0.25) is 9.52 Å². The number of aryl methyl sites for hydroxylation is 1. The van der Waals surface area contributed by atoms with Gasteiger partial charge in [0.15, 0.2) is 0 Å². The average Bonchev–Trinajstić information content (AvgIpc) is 2.65. The van der Waals surface area contributed by atoms with E-state index < -0.39 is 10.0 Å². The van der Waals surface area contributed by atoms with Crippen LogP contribution in [0, 0.1) is 6.92 Å². The van der Waals surface area contributed by atoms with E-state index in [1.807, 2.05) is 6.92 Å². The monoisotopic (exact) mass is 391 g/mol. The standard InChI is InChI=1S/C19H25N3O4S/c1-4-20-11-12-21-19(23)16-13-15(10-9-14(16)2)27(24,25)22-17-7-5-6-8-18(17)26-3/h5-10,13,20,22H,4,11-12H2,1-3H3,(H,21,23). The number of sulfonamides is 1. The number of carbonyl (C=O) groups excluding carboxylic acids is 1. The maximum atomic E-state index is 12.7. The Morgan fingerprint density at radius 2 is 1.85 bits per heavy atom. The van der Waals surface area contributed by atoms with E-state index in [0.29, 0.717) is 35.7 Å². The Kier molecular flexibility index (Phi) is 7.20. The van der Waals surface area contributed by atoms with Crippen LogP contribution in [0.3, 0.4) is 0 Å². The lowest BCUT2D eigenvalue weighted by molar-refractivity contribution is 0.0953. The topological polar surface area (TPSA) is 96.5 Å². The van der Waals surface area contributed by atoms with Crippen LogP contribution in [0.2, 0.25) is 0 Å². The predicted octanol–water partition coefficient (Wildman–Crippen LogP) is 2.14. The molecule has 0 radical (unpaired) electrons. The van der Waals surface area contributed by atoms with E-state index >= 15 is 0 Å². The molecule has 0 aromatic heterocycles. The van der Waals surface area contributed by atoms with Gasteiger partial charge in [0.2, 0.25) is 0 Å². The number of hydrogen-bond acceptors (Lipinski definition) is 5. The zero-order valence-electron chi connectivity index (χ0n) is 15.7. The van der Waals surface area contributed by atoms with Crippen molar-refractivity contribution in [2.24, 2.45) is 0 Å². The molecule has 8 heteroatoms. The molecule has 2 aromatic carbocycles. The second-order valence-electron chi connectivity index (χ2n) is 5.89. The van der Waals surface area contributed by atoms with E-state index in [4.69, 9.17) is 4.74 Å². The van der Waals surface area contributed by atoms with Gasteiger partial charge in [0.25, 0.3) is 15.9 Å². The summed E-state index contributed by atoms with van der Waals surface area (Å²) < 4.78 is 33.2. The molecule has 2 rings (SSSR count). The molecule has 146 valence electrons. The van der Waals surface area contributed by atoms with Crippen LogP contribution < -0.4 is 20.1 Å². The SMILES string of the molecule is CCNCCNC(=O)c1cc(S(=O)(=O)Nc2ccccc2OC)ccc1C. The number of hydrogen-bond donors (Lipinski definition) is 3. The number of benzene rings is 2. The van der Waals surface area contributed by atoms with E-state index in [1.165, 1.54) is 19.2 Å². The van der Waals surface area contributed by atoms with Gasteiger partial charge < -0.3 is 15.4 Å². The summed E-state index contributed by atoms with van der Waals surface area (Å²) in [4.78, 5) is 12.4. The van der Waals surface area contributed by atoms with E-state index in [2.05, 4.69) is 15.4 Å². The summed E-state index contributed by atoms with van der Waals surface area (Å²) in [5.41, 5.74) is 1.36. The fraction of sp³-hybridized carbons (Fsp3) is 0.316. The first kappa shape index (κ1) is 20.7. The van der Waals surface area contributed by atoms with Gasteiger partial charge in [0.1, 0.15) is 5.75 Å². The van der Waals surface area contributed by atoms with Crippen LogP contribution in [0.15, 0.2) is 47.4 Å². The quantitative estimate of drug-likeness (QED) is 0.569. The van der Waals surface area contributed by atoms with Crippen LogP contribution in [-0.4, -0.2) is 41.1 Å². The Morgan fingerprint density at radius 1 is 1.11 bits per heavy atom. The first-order valence-electron chi connectivity index (χ1n) is 8.64. The fourth-order valence-corrected chi connectivity index (χ4v) is 3.58. The zero-order chi connectivity index (χ0) is 19.9. The molecule has 0 saturated carbocycles. The van der Waals surface area contributed by atoms with E-state index in [0.717, 1.165) is 6.54 Å². The van der Waals surface area contributed by atoms with Crippen molar-refractivity contribution in [2.75, 3.05) is 31.5 Å². The van der Waals surface area contributed by atoms with Crippen LogP contribution in [0.5, 0.6) is 5.75 Å². The predicted molar refractivity (Wildman–Crippen MR) is 106 cm³/mol. The van der Waals surface area contributed by atoms with Crippen LogP contribution in [-0.2, 0) is 10.0 Å². The third-order valence-corrected chi connectivity index (χ3v) is 5.32. The van der Waals surface area contributed by atoms with Crippen molar-refractivity contribution in [3.8, 4) is 5.75 Å². The number of rotatable bonds is 9. The summed E-state index contributed by atoms with van der Waals surface area (Å²) in [6.45, 7) is 5.67. The highest BCUT2D eigenvalue weighted by molar-refractivity contribution is 7.92. The molecule has 1 amide bonds. The highest BCUT2D eigenvalue weighted by atomic mass is 32.2. The third-order valence-electron chi connectivity index (χ3n) is 3.95. The Labute approximate surface area is 160 Å². The average molecular weight is 391 g/mol. The molecule has 0 atom stereocenters. The molecule has 0 aliphatic heterocycles. The van der Waals surface area contributed by atoms with E-state index in [1.54, 1.807) is 37.3 Å². The summed E-state index contributed by atoms with van der Waals surface area (Å²) in [6, 6.07) is 11.2. The number of carbonyl (C=O) groups is 1. The molecular formula is C19H25N3O4S. The van der Waals surface area contributed by atoms with Gasteiger partial charge in [-0.1, -0.05) is 25.1 Å². The second-order valence-corrected chi connectivity index (χ2v) is 7.57. The highest BCUT2D eigenvalue weighted by Gasteiger charge is 2.19. The molecule has 0 bridgehead atoms. The molecule has 0 unspecified atom stereocenters. The lowest BCUT2D eigenvalue weighted by atomic mass is 10.1. The zero-order valence-corrected chi connectivity index (χ0v) is 16.5. The van der Waals surface area contributed by atoms with Crippen molar-refractivity contribution in [1.82, 2.24) is 10.6 Å². The second kappa shape index (κ2) is 9.38. The molecule has 0 heterocycles. The first-order chi connectivity index (χ1) is 12.9. The molecule has 0 aliphatic carbocycles. The summed E-state index contributed by atoms with van der Waals surface area (Å²) in [5, 5.41) is 5.90. The molecule has 0 fully saturated rings. The number of amides is 1. The van der Waals surface area contributed by atoms with Gasteiger partial charge >= 0.3 is 0 Å². The minimum Gasteiger partial charge on any atom is -0.495 e. The molecule has 2 aromatic rings. The number of nitrogens with one attached hydrogen (secondary N) is 3. The smallest absolute Gasteiger partial charge is 0.262 e. The van der Waals surface area contributed by atoms with Crippen LogP contribution in [0.1, 0.15) is 22.8 Å². The molecule has 27 heavy (non-hydrogen) atoms. The van der Waals surface area contributed by atoms with Crippen molar-refractivity contribution in [3.63, 3.8) is 0 Å². The van der Waals surface area contributed by atoms with Crippen molar-refractivity contribution in [1.29, 1.82) is 0 Å². The number of likely N-dealkylation sites (N-methyl/N-ethyl adjacent to an activating group) is 1. The molecular weight excluding hydrogens is 366 g/mol. The Morgan fingerprint density at radius 3 is 2.56 bits per heavy atom. The van der Waals surface area contributed by atoms with Crippen molar-refractivity contribution >= 4 is 21.6 Å². The summed E-state index contributed by atoms with van der Waals surface area (Å²) in [7, 11) is -2.40. The summed E-state index contributed by atoms with van der Waals surface area (Å²) in [6.07, 6.45) is 0. The lowest BCUT2D eigenvalue weighted by Crippen LogP contribution is -2.32. The Hall–Kier alpha value is -2.58. The molecule has 0 aliphatic rings. The van der Waals surface area contributed by atoms with E-state index in [9.17, 15) is 13.2 Å². The molecule has 7 nitrogen and oxygen atoms in total. The van der Waals surface area contributed by atoms with Crippen molar-refractivity contribution in [2.45, 2.75) is 18.7 Å². The first-order valence-corrected chi connectivity index (χ1v) is 10.1. The molecule has 3 N–H and O–H groups in total. The maximum absolute atomic E-state index is 12.7. The normalized spacial score (nSPS) is 11.1. The number of para-hydroxylation sites is 2. The van der Waals surface area contributed by atoms with Gasteiger partial charge in [0.05, 0.1) is 17.7 Å². The number of anilines is 1. The van der Waals surface area contributed by atoms with Gasteiger partial charge in [-0.2, -0.15) is 0 Å². The minimum atomic E-state index is -3.87. The largest absolute Gasteiger partial charge is 0.495 e. The molecule has 0 saturated heterocycles. The number of methoxy groups -OCH3 is 1. The number of ether oxygens (including phenoxy) is 1.